The zero-order valence-electron chi connectivity index (χ0n) is 14.9. The topological polar surface area (TPSA) is 80.6 Å². The average molecular weight is 357 g/mol. The predicted octanol–water partition coefficient (Wildman–Crippen LogP) is 1.05. The number of para-hydroxylation sites is 1. The molecule has 26 heavy (non-hydrogen) atoms. The van der Waals surface area contributed by atoms with Gasteiger partial charge in [-0.15, -0.1) is 0 Å². The highest BCUT2D eigenvalue weighted by Gasteiger charge is 2.26. The largest absolute Gasteiger partial charge is 0.496 e. The molecule has 0 spiro atoms. The van der Waals surface area contributed by atoms with Crippen LogP contribution in [0.5, 0.6) is 5.75 Å². The van der Waals surface area contributed by atoms with Crippen LogP contribution in [-0.4, -0.2) is 69.7 Å². The highest BCUT2D eigenvalue weighted by atomic mass is 16.5. The van der Waals surface area contributed by atoms with Crippen LogP contribution in [-0.2, 0) is 11.3 Å². The standard InChI is InChI=1S/C18H23N5O3/c1-26-16-6-3-2-5-15(16)18(25)22-11-9-21(10-12-22)17(24)7-4-8-23-14-19-13-20-23/h2-3,5-6,13-14H,4,7-12H2,1H3. The van der Waals surface area contributed by atoms with E-state index in [0.717, 1.165) is 6.42 Å². The highest BCUT2D eigenvalue weighted by molar-refractivity contribution is 5.97. The summed E-state index contributed by atoms with van der Waals surface area (Å²) in [5.74, 6) is 0.638. The summed E-state index contributed by atoms with van der Waals surface area (Å²) in [6, 6.07) is 7.21. The highest BCUT2D eigenvalue weighted by Crippen LogP contribution is 2.20. The first kappa shape index (κ1) is 17.9. The fraction of sp³-hybridized carbons (Fsp3) is 0.444. The Morgan fingerprint density at radius 3 is 2.54 bits per heavy atom. The van der Waals surface area contributed by atoms with E-state index in [4.69, 9.17) is 4.74 Å². The number of hydrogen-bond donors (Lipinski definition) is 0. The predicted molar refractivity (Wildman–Crippen MR) is 94.7 cm³/mol. The Balaban J connectivity index is 1.47. The first-order chi connectivity index (χ1) is 12.7. The molecular formula is C18H23N5O3. The lowest BCUT2D eigenvalue weighted by molar-refractivity contribution is -0.132. The second kappa shape index (κ2) is 8.46. The number of carbonyl (C=O) groups is 2. The molecule has 8 nitrogen and oxygen atoms in total. The maximum Gasteiger partial charge on any atom is 0.257 e. The fourth-order valence-corrected chi connectivity index (χ4v) is 3.05. The molecule has 0 radical (unpaired) electrons. The Bertz CT molecular complexity index is 739. The minimum absolute atomic E-state index is 0.0549. The molecule has 138 valence electrons. The molecule has 1 aromatic carbocycles. The van der Waals surface area contributed by atoms with E-state index in [-0.39, 0.29) is 11.8 Å². The Labute approximate surface area is 152 Å². The second-order valence-electron chi connectivity index (χ2n) is 6.14. The Morgan fingerprint density at radius 2 is 1.85 bits per heavy atom. The van der Waals surface area contributed by atoms with E-state index in [1.165, 1.54) is 6.33 Å². The lowest BCUT2D eigenvalue weighted by atomic mass is 10.1. The van der Waals surface area contributed by atoms with Crippen molar-refractivity contribution in [2.24, 2.45) is 0 Å². The molecule has 0 N–H and O–H groups in total. The van der Waals surface area contributed by atoms with Gasteiger partial charge in [0.2, 0.25) is 5.91 Å². The maximum absolute atomic E-state index is 12.7. The molecule has 1 aliphatic rings. The van der Waals surface area contributed by atoms with Crippen molar-refractivity contribution in [1.82, 2.24) is 24.6 Å². The van der Waals surface area contributed by atoms with Crippen molar-refractivity contribution in [1.29, 1.82) is 0 Å². The van der Waals surface area contributed by atoms with Crippen LogP contribution in [0.25, 0.3) is 0 Å². The SMILES string of the molecule is COc1ccccc1C(=O)N1CCN(C(=O)CCCn2cncn2)CC1. The number of aromatic nitrogens is 3. The number of methoxy groups -OCH3 is 1. The molecule has 2 amide bonds. The van der Waals surface area contributed by atoms with E-state index in [1.54, 1.807) is 35.2 Å². The van der Waals surface area contributed by atoms with Gasteiger partial charge in [-0.2, -0.15) is 5.10 Å². The van der Waals surface area contributed by atoms with Gasteiger partial charge < -0.3 is 14.5 Å². The van der Waals surface area contributed by atoms with Crippen molar-refractivity contribution in [2.45, 2.75) is 19.4 Å². The number of hydrogen-bond acceptors (Lipinski definition) is 5. The average Bonchev–Trinajstić information content (AvgIpc) is 3.21. The summed E-state index contributed by atoms with van der Waals surface area (Å²) in [7, 11) is 1.56. The van der Waals surface area contributed by atoms with Crippen LogP contribution < -0.4 is 4.74 Å². The summed E-state index contributed by atoms with van der Waals surface area (Å²) >= 11 is 0. The molecule has 0 bridgehead atoms. The summed E-state index contributed by atoms with van der Waals surface area (Å²) in [4.78, 5) is 32.5. The van der Waals surface area contributed by atoms with Gasteiger partial charge in [-0.25, -0.2) is 4.98 Å². The number of nitrogens with zero attached hydrogens (tertiary/aromatic N) is 5. The molecule has 2 aromatic rings. The number of ether oxygens (including phenoxy) is 1. The number of rotatable bonds is 6. The third-order valence-corrected chi connectivity index (χ3v) is 4.50. The second-order valence-corrected chi connectivity index (χ2v) is 6.14. The van der Waals surface area contributed by atoms with Crippen molar-refractivity contribution < 1.29 is 14.3 Å². The minimum atomic E-state index is -0.0549. The Hall–Kier alpha value is -2.90. The van der Waals surface area contributed by atoms with Crippen LogP contribution in [0.2, 0.25) is 0 Å². The monoisotopic (exact) mass is 357 g/mol. The number of piperazine rings is 1. The first-order valence-electron chi connectivity index (χ1n) is 8.71. The van der Waals surface area contributed by atoms with Gasteiger partial charge in [0.1, 0.15) is 18.4 Å². The molecule has 0 aliphatic carbocycles. The van der Waals surface area contributed by atoms with Gasteiger partial charge in [0.05, 0.1) is 12.7 Å². The van der Waals surface area contributed by atoms with Crippen LogP contribution >= 0.6 is 0 Å². The van der Waals surface area contributed by atoms with E-state index < -0.39 is 0 Å². The fourth-order valence-electron chi connectivity index (χ4n) is 3.05. The quantitative estimate of drug-likeness (QED) is 0.772. The third kappa shape index (κ3) is 4.19. The van der Waals surface area contributed by atoms with E-state index in [0.29, 0.717) is 50.5 Å². The molecule has 2 heterocycles. The lowest BCUT2D eigenvalue weighted by Crippen LogP contribution is -2.50. The van der Waals surface area contributed by atoms with Gasteiger partial charge in [0.15, 0.2) is 0 Å². The Kier molecular flexibility index (Phi) is 5.83. The van der Waals surface area contributed by atoms with Gasteiger partial charge in [-0.05, 0) is 18.6 Å². The molecule has 1 fully saturated rings. The molecule has 1 saturated heterocycles. The summed E-state index contributed by atoms with van der Waals surface area (Å²) in [6.45, 7) is 2.86. The zero-order valence-corrected chi connectivity index (χ0v) is 14.9. The molecule has 0 atom stereocenters. The van der Waals surface area contributed by atoms with Crippen LogP contribution in [0.15, 0.2) is 36.9 Å². The summed E-state index contributed by atoms with van der Waals surface area (Å²) in [6.07, 6.45) is 4.33. The van der Waals surface area contributed by atoms with E-state index >= 15 is 0 Å². The molecule has 0 unspecified atom stereocenters. The summed E-state index contributed by atoms with van der Waals surface area (Å²) in [5.41, 5.74) is 0.558. The van der Waals surface area contributed by atoms with Crippen molar-refractivity contribution in [3.8, 4) is 5.75 Å². The van der Waals surface area contributed by atoms with E-state index in [1.807, 2.05) is 17.0 Å². The number of aryl methyl sites for hydroxylation is 1. The van der Waals surface area contributed by atoms with Crippen LogP contribution in [0.1, 0.15) is 23.2 Å². The minimum Gasteiger partial charge on any atom is -0.496 e. The number of carbonyl (C=O) groups excluding carboxylic acids is 2. The van der Waals surface area contributed by atoms with Crippen LogP contribution in [0.4, 0.5) is 0 Å². The van der Waals surface area contributed by atoms with E-state index in [9.17, 15) is 9.59 Å². The summed E-state index contributed by atoms with van der Waals surface area (Å²) < 4.78 is 6.99. The molecule has 3 rings (SSSR count). The smallest absolute Gasteiger partial charge is 0.257 e. The molecule has 0 saturated carbocycles. The molecular weight excluding hydrogens is 334 g/mol. The van der Waals surface area contributed by atoms with Crippen molar-refractivity contribution in [2.75, 3.05) is 33.3 Å². The lowest BCUT2D eigenvalue weighted by Gasteiger charge is -2.35. The van der Waals surface area contributed by atoms with Gasteiger partial charge in [-0.3, -0.25) is 14.3 Å². The first-order valence-corrected chi connectivity index (χ1v) is 8.71. The van der Waals surface area contributed by atoms with Crippen LogP contribution in [0.3, 0.4) is 0 Å². The molecule has 1 aliphatic heterocycles. The Morgan fingerprint density at radius 1 is 1.12 bits per heavy atom. The third-order valence-electron chi connectivity index (χ3n) is 4.50. The number of amides is 2. The van der Waals surface area contributed by atoms with Crippen molar-refractivity contribution >= 4 is 11.8 Å². The van der Waals surface area contributed by atoms with Gasteiger partial charge >= 0.3 is 0 Å². The van der Waals surface area contributed by atoms with Crippen LogP contribution in [0, 0.1) is 0 Å². The normalized spacial score (nSPS) is 14.3. The van der Waals surface area contributed by atoms with Gasteiger partial charge in [-0.1, -0.05) is 12.1 Å². The van der Waals surface area contributed by atoms with Gasteiger partial charge in [0, 0.05) is 39.1 Å². The van der Waals surface area contributed by atoms with Crippen molar-refractivity contribution in [3.63, 3.8) is 0 Å². The molecule has 1 aromatic heterocycles. The molecule has 8 heteroatoms. The maximum atomic E-state index is 12.7. The van der Waals surface area contributed by atoms with E-state index in [2.05, 4.69) is 10.1 Å². The summed E-state index contributed by atoms with van der Waals surface area (Å²) in [5, 5.41) is 4.02. The zero-order chi connectivity index (χ0) is 18.4. The number of benzene rings is 1. The van der Waals surface area contributed by atoms with Gasteiger partial charge in [0.25, 0.3) is 5.91 Å². The van der Waals surface area contributed by atoms with Crippen molar-refractivity contribution in [3.05, 3.63) is 42.5 Å².